The molecule has 0 N–H and O–H groups in total. The summed E-state index contributed by atoms with van der Waals surface area (Å²) in [6, 6.07) is 15.4. The van der Waals surface area contributed by atoms with Gasteiger partial charge in [-0.05, 0) is 97.9 Å². The van der Waals surface area contributed by atoms with Crippen LogP contribution in [0.1, 0.15) is 100 Å². The van der Waals surface area contributed by atoms with Crippen molar-refractivity contribution in [1.29, 1.82) is 0 Å². The SMILES string of the molecule is CCc1cc(CC)c(N=C(C)c2cccc(C(C)=Nc3c(CC)cc(CC)cc3CC)n2)c(CC)c1.[Cl-].[Cl-].[Cl-].[Nd+3]. The number of aromatic nitrogens is 1. The second-order valence-corrected chi connectivity index (χ2v) is 9.45. The number of hydrogen-bond acceptors (Lipinski definition) is 3. The van der Waals surface area contributed by atoms with E-state index < -0.39 is 0 Å². The van der Waals surface area contributed by atoms with E-state index in [1.807, 2.05) is 0 Å². The Morgan fingerprint density at radius 1 is 0.550 bits per heavy atom. The molecule has 0 spiro atoms. The number of nitrogens with zero attached hydrogens (tertiary/aromatic N) is 3. The monoisotopic (exact) mass is 728 g/mol. The normalized spacial score (nSPS) is 11.1. The molecule has 0 amide bonds. The van der Waals surface area contributed by atoms with Crippen LogP contribution in [0.4, 0.5) is 11.4 Å². The van der Waals surface area contributed by atoms with Gasteiger partial charge in [0, 0.05) is 0 Å². The third-order valence-corrected chi connectivity index (χ3v) is 7.04. The van der Waals surface area contributed by atoms with Gasteiger partial charge < -0.3 is 37.2 Å². The van der Waals surface area contributed by atoms with Crippen molar-refractivity contribution >= 4 is 22.8 Å². The summed E-state index contributed by atoms with van der Waals surface area (Å²) in [5.74, 6) is 0. The summed E-state index contributed by atoms with van der Waals surface area (Å²) in [5, 5.41) is 0. The zero-order valence-corrected chi connectivity index (χ0v) is 30.7. The van der Waals surface area contributed by atoms with Crippen LogP contribution in [0.5, 0.6) is 0 Å². The Kier molecular flexibility index (Phi) is 20.8. The number of pyridine rings is 1. The first-order chi connectivity index (χ1) is 17.4. The molecule has 0 unspecified atom stereocenters. The Balaban J connectivity index is 0. The van der Waals surface area contributed by atoms with Crippen molar-refractivity contribution in [2.24, 2.45) is 9.98 Å². The third-order valence-electron chi connectivity index (χ3n) is 7.04. The van der Waals surface area contributed by atoms with Gasteiger partial charge in [-0.3, -0.25) is 9.98 Å². The van der Waals surface area contributed by atoms with E-state index in [-0.39, 0.29) is 78.1 Å². The fourth-order valence-corrected chi connectivity index (χ4v) is 4.73. The van der Waals surface area contributed by atoms with E-state index in [9.17, 15) is 0 Å². The summed E-state index contributed by atoms with van der Waals surface area (Å²) in [6.45, 7) is 17.4. The van der Waals surface area contributed by atoms with Gasteiger partial charge in [0.25, 0.3) is 0 Å². The standard InChI is InChI=1S/C33H43N3.3ClH.Nd/c1-9-24-18-26(11-3)32(27(12-4)19-24)34-22(7)30-16-15-17-31(36-30)23(8)35-33-28(13-5)20-25(10-2)21-29(33)14-6;;;;/h15-21H,9-14H2,1-8H3;3*1H;/q;;;;+3/p-3. The first kappa shape index (κ1) is 41.3. The van der Waals surface area contributed by atoms with Crippen LogP contribution >= 0.6 is 0 Å². The molecule has 1 heterocycles. The number of hydrogen-bond donors (Lipinski definition) is 0. The predicted molar refractivity (Wildman–Crippen MR) is 157 cm³/mol. The van der Waals surface area contributed by atoms with Crippen LogP contribution in [0.15, 0.2) is 52.4 Å². The second-order valence-electron chi connectivity index (χ2n) is 9.45. The molecule has 0 aliphatic carbocycles. The van der Waals surface area contributed by atoms with Gasteiger partial charge >= 0.3 is 40.8 Å². The minimum Gasteiger partial charge on any atom is -1.00 e. The molecule has 0 aliphatic rings. The molecule has 0 aliphatic heterocycles. The molecule has 1 radical (unpaired) electrons. The maximum absolute atomic E-state index is 5.12. The van der Waals surface area contributed by atoms with Crippen LogP contribution in [0.25, 0.3) is 0 Å². The van der Waals surface area contributed by atoms with Crippen molar-refractivity contribution < 1.29 is 78.1 Å². The molecule has 3 nitrogen and oxygen atoms in total. The Bertz CT molecular complexity index is 1140. The molecule has 2 aromatic carbocycles. The number of benzene rings is 2. The second kappa shape index (κ2) is 20.1. The maximum atomic E-state index is 5.12. The van der Waals surface area contributed by atoms with Gasteiger partial charge in [-0.1, -0.05) is 71.9 Å². The zero-order chi connectivity index (χ0) is 26.2. The van der Waals surface area contributed by atoms with E-state index in [1.54, 1.807) is 0 Å². The van der Waals surface area contributed by atoms with Gasteiger partial charge in [0.2, 0.25) is 0 Å². The van der Waals surface area contributed by atoms with Crippen LogP contribution in [0, 0.1) is 40.8 Å². The van der Waals surface area contributed by atoms with Crippen LogP contribution in [-0.4, -0.2) is 16.4 Å². The first-order valence-corrected chi connectivity index (χ1v) is 13.8. The number of aliphatic imine (C=N–C) groups is 2. The van der Waals surface area contributed by atoms with E-state index in [4.69, 9.17) is 15.0 Å². The molecule has 0 fully saturated rings. The summed E-state index contributed by atoms with van der Waals surface area (Å²) < 4.78 is 0. The van der Waals surface area contributed by atoms with Gasteiger partial charge in [-0.2, -0.15) is 0 Å². The Morgan fingerprint density at radius 2 is 0.850 bits per heavy atom. The van der Waals surface area contributed by atoms with Crippen molar-refractivity contribution in [1.82, 2.24) is 4.98 Å². The molecule has 3 rings (SSSR count). The average molecular weight is 732 g/mol. The molecule has 3 aromatic rings. The van der Waals surface area contributed by atoms with Crippen LogP contribution in [-0.2, 0) is 38.5 Å². The molecule has 7 heteroatoms. The fraction of sp³-hybridized carbons (Fsp3) is 0.424. The van der Waals surface area contributed by atoms with Gasteiger partial charge in [0.05, 0.1) is 34.2 Å². The number of rotatable bonds is 10. The summed E-state index contributed by atoms with van der Waals surface area (Å²) in [7, 11) is 0. The Labute approximate surface area is 294 Å². The molecule has 0 saturated heterocycles. The molecule has 0 atom stereocenters. The fourth-order valence-electron chi connectivity index (χ4n) is 4.73. The molecule has 0 saturated carbocycles. The van der Waals surface area contributed by atoms with E-state index >= 15 is 0 Å². The van der Waals surface area contributed by atoms with Crippen molar-refractivity contribution in [2.45, 2.75) is 93.9 Å². The van der Waals surface area contributed by atoms with Gasteiger partial charge in [-0.25, -0.2) is 4.98 Å². The van der Waals surface area contributed by atoms with E-state index in [0.29, 0.717) is 0 Å². The molecular weight excluding hydrogens is 689 g/mol. The predicted octanol–water partition coefficient (Wildman–Crippen LogP) is -0.251. The summed E-state index contributed by atoms with van der Waals surface area (Å²) in [4.78, 5) is 15.2. The van der Waals surface area contributed by atoms with E-state index in [0.717, 1.165) is 72.7 Å². The van der Waals surface area contributed by atoms with Crippen molar-refractivity contribution in [2.75, 3.05) is 0 Å². The molecule has 215 valence electrons. The van der Waals surface area contributed by atoms with Crippen molar-refractivity contribution in [3.63, 3.8) is 0 Å². The smallest absolute Gasteiger partial charge is 1.00 e. The first-order valence-electron chi connectivity index (χ1n) is 13.8. The minimum absolute atomic E-state index is 0. The van der Waals surface area contributed by atoms with Gasteiger partial charge in [-0.15, -0.1) is 0 Å². The topological polar surface area (TPSA) is 37.6 Å². The average Bonchev–Trinajstić information content (AvgIpc) is 2.92. The molecular formula is C33H43Cl3N3Nd. The summed E-state index contributed by atoms with van der Waals surface area (Å²) in [5.41, 5.74) is 13.9. The van der Waals surface area contributed by atoms with Crippen LogP contribution in [0.3, 0.4) is 0 Å². The Hall–Kier alpha value is -0.849. The molecule has 0 bridgehead atoms. The van der Waals surface area contributed by atoms with Crippen LogP contribution in [0.2, 0.25) is 0 Å². The Morgan fingerprint density at radius 3 is 1.10 bits per heavy atom. The molecule has 40 heavy (non-hydrogen) atoms. The summed E-state index contributed by atoms with van der Waals surface area (Å²) >= 11 is 0. The molecule has 1 aromatic heterocycles. The maximum Gasteiger partial charge on any atom is 3.00 e. The minimum atomic E-state index is 0. The third kappa shape index (κ3) is 10.2. The van der Waals surface area contributed by atoms with Crippen molar-refractivity contribution in [3.05, 3.63) is 87.2 Å². The largest absolute Gasteiger partial charge is 3.00 e. The van der Waals surface area contributed by atoms with E-state index in [1.165, 1.54) is 33.4 Å². The summed E-state index contributed by atoms with van der Waals surface area (Å²) in [6.07, 6.45) is 5.99. The quantitative estimate of drug-likeness (QED) is 0.266. The van der Waals surface area contributed by atoms with E-state index in [2.05, 4.69) is 97.9 Å². The van der Waals surface area contributed by atoms with Crippen molar-refractivity contribution in [3.8, 4) is 0 Å². The van der Waals surface area contributed by atoms with Gasteiger partial charge in [0.15, 0.2) is 0 Å². The number of aryl methyl sites for hydroxylation is 6. The van der Waals surface area contributed by atoms with Gasteiger partial charge in [0.1, 0.15) is 0 Å². The number of halogens is 3. The zero-order valence-electron chi connectivity index (χ0n) is 25.3. The van der Waals surface area contributed by atoms with Crippen LogP contribution < -0.4 is 37.2 Å².